The Labute approximate surface area is 104 Å². The van der Waals surface area contributed by atoms with Gasteiger partial charge in [-0.05, 0) is 12.1 Å². The van der Waals surface area contributed by atoms with E-state index in [4.69, 9.17) is 14.6 Å². The Bertz CT molecular complexity index is 572. The number of rotatable bonds is 3. The zero-order chi connectivity index (χ0) is 13.1. The molecule has 18 heavy (non-hydrogen) atoms. The molecule has 0 spiro atoms. The van der Waals surface area contributed by atoms with Crippen LogP contribution in [0.5, 0.6) is 17.2 Å². The molecule has 1 heterocycles. The van der Waals surface area contributed by atoms with E-state index in [1.165, 1.54) is 20.4 Å². The van der Waals surface area contributed by atoms with Crippen LogP contribution in [-0.2, 0) is 0 Å². The van der Waals surface area contributed by atoms with Crippen LogP contribution in [0.3, 0.4) is 0 Å². The first-order valence-electron chi connectivity index (χ1n) is 5.23. The summed E-state index contributed by atoms with van der Waals surface area (Å²) in [5, 5.41) is 9.15. The van der Waals surface area contributed by atoms with Crippen molar-refractivity contribution in [2.45, 2.75) is 0 Å². The Morgan fingerprint density at radius 2 is 2.00 bits per heavy atom. The average Bonchev–Trinajstić information content (AvgIpc) is 2.37. The third-order valence-corrected chi connectivity index (χ3v) is 2.48. The van der Waals surface area contributed by atoms with E-state index >= 15 is 0 Å². The van der Waals surface area contributed by atoms with Gasteiger partial charge < -0.3 is 14.6 Å². The van der Waals surface area contributed by atoms with Gasteiger partial charge in [0.15, 0.2) is 17.3 Å². The van der Waals surface area contributed by atoms with Crippen LogP contribution in [0.2, 0.25) is 0 Å². The van der Waals surface area contributed by atoms with Crippen molar-refractivity contribution in [1.29, 1.82) is 0 Å². The topological polar surface area (TPSA) is 51.6 Å². The van der Waals surface area contributed by atoms with Gasteiger partial charge in [0.05, 0.1) is 20.4 Å². The first kappa shape index (κ1) is 12.2. The Balaban J connectivity index is 2.63. The first-order valence-corrected chi connectivity index (χ1v) is 5.23. The normalized spacial score (nSPS) is 10.2. The fourth-order valence-electron chi connectivity index (χ4n) is 1.70. The fraction of sp³-hybridized carbons (Fsp3) is 0.154. The van der Waals surface area contributed by atoms with Crippen LogP contribution in [-0.4, -0.2) is 24.3 Å². The number of pyridine rings is 1. The van der Waals surface area contributed by atoms with Crippen LogP contribution < -0.4 is 9.47 Å². The van der Waals surface area contributed by atoms with Gasteiger partial charge in [0, 0.05) is 11.6 Å². The number of nitrogens with zero attached hydrogens (tertiary/aromatic N) is 1. The minimum Gasteiger partial charge on any atom is -0.506 e. The molecule has 0 saturated heterocycles. The number of benzene rings is 1. The van der Waals surface area contributed by atoms with Crippen molar-refractivity contribution in [3.8, 4) is 28.5 Å². The number of hydrogen-bond acceptors (Lipinski definition) is 4. The maximum Gasteiger partial charge on any atom is 0.170 e. The van der Waals surface area contributed by atoms with E-state index in [0.29, 0.717) is 17.1 Å². The van der Waals surface area contributed by atoms with Crippen LogP contribution in [0, 0.1) is 5.82 Å². The van der Waals surface area contributed by atoms with Crippen LogP contribution >= 0.6 is 0 Å². The van der Waals surface area contributed by atoms with E-state index < -0.39 is 5.82 Å². The minimum absolute atomic E-state index is 0.101. The Hall–Kier alpha value is -2.30. The molecule has 0 aliphatic heterocycles. The summed E-state index contributed by atoms with van der Waals surface area (Å²) >= 11 is 0. The second kappa shape index (κ2) is 4.91. The van der Waals surface area contributed by atoms with Gasteiger partial charge in [-0.3, -0.25) is 0 Å². The molecule has 2 rings (SSSR count). The number of aromatic nitrogens is 1. The van der Waals surface area contributed by atoms with E-state index in [2.05, 4.69) is 4.98 Å². The highest BCUT2D eigenvalue weighted by atomic mass is 19.1. The van der Waals surface area contributed by atoms with E-state index in [1.54, 1.807) is 18.2 Å². The second-order valence-corrected chi connectivity index (χ2v) is 3.57. The molecule has 0 atom stereocenters. The molecule has 5 heteroatoms. The number of halogens is 1. The molecular formula is C13H12FNO3. The van der Waals surface area contributed by atoms with E-state index in [1.807, 2.05) is 0 Å². The lowest BCUT2D eigenvalue weighted by molar-refractivity contribution is 0.356. The highest BCUT2D eigenvalue weighted by Crippen LogP contribution is 2.38. The highest BCUT2D eigenvalue weighted by Gasteiger charge is 2.16. The lowest BCUT2D eigenvalue weighted by Crippen LogP contribution is -1.96. The Morgan fingerprint density at radius 3 is 2.61 bits per heavy atom. The summed E-state index contributed by atoms with van der Waals surface area (Å²) in [7, 11) is 2.97. The quantitative estimate of drug-likeness (QED) is 0.908. The summed E-state index contributed by atoms with van der Waals surface area (Å²) in [6, 6.07) is 6.09. The van der Waals surface area contributed by atoms with Crippen molar-refractivity contribution < 1.29 is 19.0 Å². The minimum atomic E-state index is -0.624. The maximum absolute atomic E-state index is 13.8. The third-order valence-electron chi connectivity index (χ3n) is 2.48. The van der Waals surface area contributed by atoms with E-state index in [0.717, 1.165) is 6.07 Å². The summed E-state index contributed by atoms with van der Waals surface area (Å²) in [5.41, 5.74) is 0.568. The van der Waals surface area contributed by atoms with Gasteiger partial charge in [-0.15, -0.1) is 0 Å². The number of ether oxygens (including phenoxy) is 2. The molecule has 0 saturated carbocycles. The first-order chi connectivity index (χ1) is 8.67. The van der Waals surface area contributed by atoms with Crippen molar-refractivity contribution in [1.82, 2.24) is 4.98 Å². The number of methoxy groups -OCH3 is 2. The molecule has 0 bridgehead atoms. The SMILES string of the molecule is COc1cccc(-c2ncc(O)cc2F)c1OC. The maximum atomic E-state index is 13.8. The van der Waals surface area contributed by atoms with Gasteiger partial charge in [0.25, 0.3) is 0 Å². The van der Waals surface area contributed by atoms with Crippen molar-refractivity contribution in [2.24, 2.45) is 0 Å². The third kappa shape index (κ3) is 2.07. The summed E-state index contributed by atoms with van der Waals surface area (Å²) in [6.45, 7) is 0. The molecule has 0 aliphatic carbocycles. The molecule has 0 aliphatic rings. The van der Waals surface area contributed by atoms with Gasteiger partial charge in [0.2, 0.25) is 0 Å². The lowest BCUT2D eigenvalue weighted by atomic mass is 10.1. The Kier molecular flexibility index (Phi) is 3.32. The summed E-state index contributed by atoms with van der Waals surface area (Å²) in [5.74, 6) is 0.0426. The predicted octanol–water partition coefficient (Wildman–Crippen LogP) is 2.61. The summed E-state index contributed by atoms with van der Waals surface area (Å²) in [6.07, 6.45) is 1.18. The number of hydrogen-bond donors (Lipinski definition) is 1. The monoisotopic (exact) mass is 249 g/mol. The highest BCUT2D eigenvalue weighted by molar-refractivity contribution is 5.71. The molecule has 0 fully saturated rings. The lowest BCUT2D eigenvalue weighted by Gasteiger charge is -2.12. The van der Waals surface area contributed by atoms with Gasteiger partial charge >= 0.3 is 0 Å². The molecular weight excluding hydrogens is 237 g/mol. The number of aromatic hydroxyl groups is 1. The van der Waals surface area contributed by atoms with Crippen LogP contribution in [0.25, 0.3) is 11.3 Å². The average molecular weight is 249 g/mol. The molecule has 0 unspecified atom stereocenters. The van der Waals surface area contributed by atoms with E-state index in [-0.39, 0.29) is 11.4 Å². The smallest absolute Gasteiger partial charge is 0.170 e. The largest absolute Gasteiger partial charge is 0.506 e. The fourth-order valence-corrected chi connectivity index (χ4v) is 1.70. The van der Waals surface area contributed by atoms with Gasteiger partial charge in [-0.25, -0.2) is 9.37 Å². The van der Waals surface area contributed by atoms with Gasteiger partial charge in [0.1, 0.15) is 11.4 Å². The van der Waals surface area contributed by atoms with E-state index in [9.17, 15) is 4.39 Å². The van der Waals surface area contributed by atoms with Crippen LogP contribution in [0.4, 0.5) is 4.39 Å². The summed E-state index contributed by atoms with van der Waals surface area (Å²) in [4.78, 5) is 3.87. The standard InChI is InChI=1S/C13H12FNO3/c1-17-11-5-3-4-9(13(11)18-2)12-10(14)6-8(16)7-15-12/h3-7,16H,1-2H3. The molecule has 94 valence electrons. The second-order valence-electron chi connectivity index (χ2n) is 3.57. The molecule has 2 aromatic rings. The molecule has 1 N–H and O–H groups in total. The number of para-hydroxylation sites is 1. The van der Waals surface area contributed by atoms with Crippen molar-refractivity contribution in [3.63, 3.8) is 0 Å². The zero-order valence-corrected chi connectivity index (χ0v) is 9.98. The molecule has 4 nitrogen and oxygen atoms in total. The van der Waals surface area contributed by atoms with Crippen molar-refractivity contribution in [3.05, 3.63) is 36.3 Å². The van der Waals surface area contributed by atoms with Gasteiger partial charge in [-0.2, -0.15) is 0 Å². The van der Waals surface area contributed by atoms with Crippen LogP contribution in [0.15, 0.2) is 30.5 Å². The van der Waals surface area contributed by atoms with Crippen LogP contribution in [0.1, 0.15) is 0 Å². The predicted molar refractivity (Wildman–Crippen MR) is 64.4 cm³/mol. The summed E-state index contributed by atoms with van der Waals surface area (Å²) < 4.78 is 24.1. The molecule has 0 amide bonds. The van der Waals surface area contributed by atoms with Crippen molar-refractivity contribution >= 4 is 0 Å². The van der Waals surface area contributed by atoms with Crippen molar-refractivity contribution in [2.75, 3.05) is 14.2 Å². The molecule has 1 aromatic carbocycles. The molecule has 0 radical (unpaired) electrons. The molecule has 1 aromatic heterocycles. The Morgan fingerprint density at radius 1 is 1.22 bits per heavy atom. The van der Waals surface area contributed by atoms with Gasteiger partial charge in [-0.1, -0.05) is 6.07 Å². The zero-order valence-electron chi connectivity index (χ0n) is 9.98.